The topological polar surface area (TPSA) is 46.9 Å². The van der Waals surface area contributed by atoms with Gasteiger partial charge in [-0.1, -0.05) is 17.7 Å². The van der Waals surface area contributed by atoms with Gasteiger partial charge in [0.25, 0.3) is 5.91 Å². The van der Waals surface area contributed by atoms with E-state index >= 15 is 0 Å². The Hall–Kier alpha value is -2.31. The van der Waals surface area contributed by atoms with Crippen molar-refractivity contribution in [3.63, 3.8) is 0 Å². The lowest BCUT2D eigenvalue weighted by Crippen LogP contribution is -2.18. The number of carbonyl (C=O) groups excluding carboxylic acids is 1. The predicted octanol–water partition coefficient (Wildman–Crippen LogP) is 3.01. The highest BCUT2D eigenvalue weighted by molar-refractivity contribution is 6.03. The number of benzene rings is 1. The van der Waals surface area contributed by atoms with E-state index in [1.165, 1.54) is 6.07 Å². The van der Waals surface area contributed by atoms with Gasteiger partial charge in [0, 0.05) is 17.8 Å². The highest BCUT2D eigenvalue weighted by Gasteiger charge is 2.28. The summed E-state index contributed by atoms with van der Waals surface area (Å²) < 4.78 is 37.2. The molecule has 0 aliphatic heterocycles. The molecular weight excluding hydrogens is 271 g/mol. The van der Waals surface area contributed by atoms with E-state index in [1.54, 1.807) is 24.3 Å². The fourth-order valence-corrected chi connectivity index (χ4v) is 1.59. The Morgan fingerprint density at radius 3 is 2.50 bits per heavy atom. The SMILES string of the molecule is Cc1ccc(C(=O)Nc2ccn(CC(F)(F)F)n2)cc1. The molecule has 0 spiro atoms. The van der Waals surface area contributed by atoms with E-state index in [1.807, 2.05) is 6.92 Å². The van der Waals surface area contributed by atoms with E-state index in [0.29, 0.717) is 5.56 Å². The molecule has 0 radical (unpaired) electrons. The summed E-state index contributed by atoms with van der Waals surface area (Å²) in [6, 6.07) is 8.14. The minimum absolute atomic E-state index is 0.0832. The van der Waals surface area contributed by atoms with Crippen molar-refractivity contribution in [1.82, 2.24) is 9.78 Å². The summed E-state index contributed by atoms with van der Waals surface area (Å²) in [7, 11) is 0. The molecule has 0 aliphatic carbocycles. The van der Waals surface area contributed by atoms with Gasteiger partial charge in [0.1, 0.15) is 6.54 Å². The standard InChI is InChI=1S/C13H12F3N3O/c1-9-2-4-10(5-3-9)12(20)17-11-6-7-19(18-11)8-13(14,15)16/h2-7H,8H2,1H3,(H,17,18,20). The van der Waals surface area contributed by atoms with Crippen molar-refractivity contribution >= 4 is 11.7 Å². The fraction of sp³-hybridized carbons (Fsp3) is 0.231. The molecule has 106 valence electrons. The lowest BCUT2D eigenvalue weighted by atomic mass is 10.1. The number of halogens is 3. The van der Waals surface area contributed by atoms with Gasteiger partial charge >= 0.3 is 6.18 Å². The highest BCUT2D eigenvalue weighted by atomic mass is 19.4. The summed E-state index contributed by atoms with van der Waals surface area (Å²) in [6.07, 6.45) is -3.18. The maximum Gasteiger partial charge on any atom is 0.408 e. The number of anilines is 1. The summed E-state index contributed by atoms with van der Waals surface area (Å²) in [5.41, 5.74) is 1.43. The average Bonchev–Trinajstić information content (AvgIpc) is 2.74. The third-order valence-corrected chi connectivity index (χ3v) is 2.54. The maximum absolute atomic E-state index is 12.2. The van der Waals surface area contributed by atoms with Crippen LogP contribution < -0.4 is 5.32 Å². The molecule has 4 nitrogen and oxygen atoms in total. The van der Waals surface area contributed by atoms with Crippen LogP contribution in [-0.4, -0.2) is 21.9 Å². The molecule has 2 rings (SSSR count). The van der Waals surface area contributed by atoms with Crippen LogP contribution >= 0.6 is 0 Å². The van der Waals surface area contributed by atoms with E-state index in [0.717, 1.165) is 16.4 Å². The second-order valence-electron chi connectivity index (χ2n) is 4.33. The number of hydrogen-bond donors (Lipinski definition) is 1. The van der Waals surface area contributed by atoms with Gasteiger partial charge < -0.3 is 5.32 Å². The molecule has 0 unspecified atom stereocenters. The van der Waals surface area contributed by atoms with Crippen molar-refractivity contribution in [2.45, 2.75) is 19.6 Å². The number of amides is 1. The zero-order valence-electron chi connectivity index (χ0n) is 10.6. The number of alkyl halides is 3. The van der Waals surface area contributed by atoms with Crippen molar-refractivity contribution in [3.05, 3.63) is 47.7 Å². The van der Waals surface area contributed by atoms with Crippen molar-refractivity contribution < 1.29 is 18.0 Å². The van der Waals surface area contributed by atoms with Crippen LogP contribution in [0.2, 0.25) is 0 Å². The van der Waals surface area contributed by atoms with Gasteiger partial charge in [0.2, 0.25) is 0 Å². The van der Waals surface area contributed by atoms with Crippen molar-refractivity contribution in [2.24, 2.45) is 0 Å². The first-order valence-electron chi connectivity index (χ1n) is 5.82. The first kappa shape index (κ1) is 14.1. The Balaban J connectivity index is 2.03. The van der Waals surface area contributed by atoms with Crippen LogP contribution in [-0.2, 0) is 6.54 Å². The molecule has 0 aliphatic rings. The van der Waals surface area contributed by atoms with Crippen molar-refractivity contribution in [3.8, 4) is 0 Å². The van der Waals surface area contributed by atoms with Gasteiger partial charge in [-0.05, 0) is 19.1 Å². The molecular formula is C13H12F3N3O. The van der Waals surface area contributed by atoms with E-state index in [-0.39, 0.29) is 5.82 Å². The normalized spacial score (nSPS) is 11.4. The molecule has 20 heavy (non-hydrogen) atoms. The maximum atomic E-state index is 12.2. The minimum Gasteiger partial charge on any atom is -0.305 e. The first-order valence-corrected chi connectivity index (χ1v) is 5.82. The van der Waals surface area contributed by atoms with Crippen LogP contribution in [0, 0.1) is 6.92 Å². The Morgan fingerprint density at radius 1 is 1.25 bits per heavy atom. The lowest BCUT2D eigenvalue weighted by molar-refractivity contribution is -0.142. The molecule has 1 heterocycles. The van der Waals surface area contributed by atoms with Gasteiger partial charge in [-0.25, -0.2) is 0 Å². The molecule has 1 N–H and O–H groups in total. The number of carbonyl (C=O) groups is 1. The molecule has 1 amide bonds. The van der Waals surface area contributed by atoms with E-state index < -0.39 is 18.6 Å². The van der Waals surface area contributed by atoms with Gasteiger partial charge in [0.15, 0.2) is 5.82 Å². The molecule has 0 saturated heterocycles. The summed E-state index contributed by atoms with van der Waals surface area (Å²) >= 11 is 0. The number of hydrogen-bond acceptors (Lipinski definition) is 2. The lowest BCUT2D eigenvalue weighted by Gasteiger charge is -2.05. The molecule has 2 aromatic rings. The number of aromatic nitrogens is 2. The fourth-order valence-electron chi connectivity index (χ4n) is 1.59. The van der Waals surface area contributed by atoms with Crippen LogP contribution in [0.25, 0.3) is 0 Å². The average molecular weight is 283 g/mol. The van der Waals surface area contributed by atoms with E-state index in [2.05, 4.69) is 10.4 Å². The molecule has 1 aromatic carbocycles. The smallest absolute Gasteiger partial charge is 0.305 e. The van der Waals surface area contributed by atoms with Crippen LogP contribution in [0.1, 0.15) is 15.9 Å². The molecule has 0 saturated carbocycles. The number of aryl methyl sites for hydroxylation is 1. The third kappa shape index (κ3) is 3.84. The summed E-state index contributed by atoms with van der Waals surface area (Å²) in [5.74, 6) is -0.331. The van der Waals surface area contributed by atoms with Crippen LogP contribution in [0.4, 0.5) is 19.0 Å². The van der Waals surface area contributed by atoms with Gasteiger partial charge in [-0.2, -0.15) is 18.3 Å². The Kier molecular flexibility index (Phi) is 3.78. The Bertz CT molecular complexity index is 602. The monoisotopic (exact) mass is 283 g/mol. The second-order valence-corrected chi connectivity index (χ2v) is 4.33. The van der Waals surface area contributed by atoms with Crippen molar-refractivity contribution in [2.75, 3.05) is 5.32 Å². The molecule has 0 bridgehead atoms. The summed E-state index contributed by atoms with van der Waals surface area (Å²) in [6.45, 7) is 0.702. The highest BCUT2D eigenvalue weighted by Crippen LogP contribution is 2.17. The van der Waals surface area contributed by atoms with Crippen LogP contribution in [0.3, 0.4) is 0 Å². The number of nitrogens with one attached hydrogen (secondary N) is 1. The second kappa shape index (κ2) is 5.36. The zero-order chi connectivity index (χ0) is 14.8. The molecule has 0 atom stereocenters. The summed E-state index contributed by atoms with van der Waals surface area (Å²) in [4.78, 5) is 11.8. The first-order chi connectivity index (χ1) is 9.33. The predicted molar refractivity (Wildman–Crippen MR) is 67.4 cm³/mol. The largest absolute Gasteiger partial charge is 0.408 e. The van der Waals surface area contributed by atoms with Crippen LogP contribution in [0.5, 0.6) is 0 Å². The number of nitrogens with zero attached hydrogens (tertiary/aromatic N) is 2. The van der Waals surface area contributed by atoms with Gasteiger partial charge in [-0.3, -0.25) is 9.48 Å². The Labute approximate surface area is 113 Å². The zero-order valence-corrected chi connectivity index (χ0v) is 10.6. The molecule has 1 aromatic heterocycles. The van der Waals surface area contributed by atoms with Crippen molar-refractivity contribution in [1.29, 1.82) is 0 Å². The van der Waals surface area contributed by atoms with Gasteiger partial charge in [0.05, 0.1) is 0 Å². The van der Waals surface area contributed by atoms with Crippen LogP contribution in [0.15, 0.2) is 36.5 Å². The minimum atomic E-state index is -4.34. The quantitative estimate of drug-likeness (QED) is 0.941. The van der Waals surface area contributed by atoms with E-state index in [4.69, 9.17) is 0 Å². The van der Waals surface area contributed by atoms with E-state index in [9.17, 15) is 18.0 Å². The molecule has 0 fully saturated rings. The number of rotatable bonds is 3. The molecule has 7 heteroatoms. The van der Waals surface area contributed by atoms with Gasteiger partial charge in [-0.15, -0.1) is 0 Å². The third-order valence-electron chi connectivity index (χ3n) is 2.54. The Morgan fingerprint density at radius 2 is 1.90 bits per heavy atom. The summed E-state index contributed by atoms with van der Waals surface area (Å²) in [5, 5.41) is 6.09.